The molecule has 0 radical (unpaired) electrons. The van der Waals surface area contributed by atoms with Crippen molar-refractivity contribution < 1.29 is 19.1 Å². The van der Waals surface area contributed by atoms with Crippen molar-refractivity contribution in [2.75, 3.05) is 0 Å². The maximum absolute atomic E-state index is 12.7. The topological polar surface area (TPSA) is 73.6 Å². The van der Waals surface area contributed by atoms with E-state index in [1.165, 1.54) is 0 Å². The Hall–Kier alpha value is -2.38. The Bertz CT molecular complexity index is 841. The highest BCUT2D eigenvalue weighted by molar-refractivity contribution is 8.26. The fourth-order valence-corrected chi connectivity index (χ4v) is 3.68. The van der Waals surface area contributed by atoms with Gasteiger partial charge in [-0.2, -0.15) is 0 Å². The van der Waals surface area contributed by atoms with Crippen LogP contribution in [0.5, 0.6) is 0 Å². The minimum absolute atomic E-state index is 0.174. The van der Waals surface area contributed by atoms with Crippen LogP contribution in [0.4, 0.5) is 0 Å². The zero-order chi connectivity index (χ0) is 17.3. The van der Waals surface area contributed by atoms with Gasteiger partial charge in [0.25, 0.3) is 5.91 Å². The monoisotopic (exact) mass is 358 g/mol. The molecule has 0 spiro atoms. The largest absolute Gasteiger partial charge is 0.547 e. The molecule has 2 aromatic rings. The van der Waals surface area contributed by atoms with E-state index in [0.717, 1.165) is 16.7 Å². The van der Waals surface area contributed by atoms with Crippen LogP contribution in [0.1, 0.15) is 23.1 Å². The SMILES string of the molecule is Cc1ccc(/C=C2/SC(=S)N([C@@H](C(=O)[O-])c3ccccc3)C2=O)o1. The lowest BCUT2D eigenvalue weighted by Gasteiger charge is -2.27. The number of carbonyl (C=O) groups excluding carboxylic acids is 2. The molecule has 0 saturated carbocycles. The number of thioether (sulfide) groups is 1. The van der Waals surface area contributed by atoms with Crippen LogP contribution < -0.4 is 5.11 Å². The highest BCUT2D eigenvalue weighted by Crippen LogP contribution is 2.38. The van der Waals surface area contributed by atoms with Crippen molar-refractivity contribution in [2.45, 2.75) is 13.0 Å². The van der Waals surface area contributed by atoms with Gasteiger partial charge in [-0.05, 0) is 24.6 Å². The van der Waals surface area contributed by atoms with E-state index in [9.17, 15) is 14.7 Å². The minimum atomic E-state index is -1.38. The highest BCUT2D eigenvalue weighted by Gasteiger charge is 2.38. The molecule has 1 aromatic carbocycles. The second-order valence-corrected chi connectivity index (χ2v) is 6.81. The Morgan fingerprint density at radius 3 is 2.58 bits per heavy atom. The van der Waals surface area contributed by atoms with Crippen LogP contribution in [0, 0.1) is 6.92 Å². The quantitative estimate of drug-likeness (QED) is 0.617. The van der Waals surface area contributed by atoms with Crippen LogP contribution in [-0.2, 0) is 9.59 Å². The van der Waals surface area contributed by atoms with Gasteiger partial charge in [0.05, 0.1) is 10.9 Å². The zero-order valence-corrected chi connectivity index (χ0v) is 14.2. The molecule has 3 rings (SSSR count). The van der Waals surface area contributed by atoms with E-state index in [0.29, 0.717) is 22.0 Å². The number of hydrogen-bond acceptors (Lipinski definition) is 6. The van der Waals surface area contributed by atoms with E-state index in [4.69, 9.17) is 16.6 Å². The molecule has 7 heteroatoms. The summed E-state index contributed by atoms with van der Waals surface area (Å²) in [5.41, 5.74) is 0.434. The van der Waals surface area contributed by atoms with Crippen LogP contribution in [-0.4, -0.2) is 21.1 Å². The van der Waals surface area contributed by atoms with Gasteiger partial charge in [0.15, 0.2) is 0 Å². The van der Waals surface area contributed by atoms with E-state index >= 15 is 0 Å². The number of hydrogen-bond donors (Lipinski definition) is 0. The normalized spacial score (nSPS) is 17.5. The number of carboxylic acids is 1. The van der Waals surface area contributed by atoms with Crippen LogP contribution >= 0.6 is 24.0 Å². The first-order valence-electron chi connectivity index (χ1n) is 7.06. The maximum Gasteiger partial charge on any atom is 0.267 e. The number of thiocarbonyl (C=S) groups is 1. The maximum atomic E-state index is 12.7. The van der Waals surface area contributed by atoms with Crippen molar-refractivity contribution in [1.29, 1.82) is 0 Å². The lowest BCUT2D eigenvalue weighted by Crippen LogP contribution is -2.43. The lowest BCUT2D eigenvalue weighted by molar-refractivity contribution is -0.310. The number of amides is 1. The molecule has 1 atom stereocenters. The molecule has 0 N–H and O–H groups in total. The predicted octanol–water partition coefficient (Wildman–Crippen LogP) is 2.28. The third kappa shape index (κ3) is 3.13. The van der Waals surface area contributed by atoms with E-state index in [2.05, 4.69) is 0 Å². The third-order valence-corrected chi connectivity index (χ3v) is 4.79. The van der Waals surface area contributed by atoms with Crippen LogP contribution in [0.15, 0.2) is 51.8 Å². The summed E-state index contributed by atoms with van der Waals surface area (Å²) in [5, 5.41) is 11.6. The van der Waals surface area contributed by atoms with Crippen molar-refractivity contribution in [3.63, 3.8) is 0 Å². The van der Waals surface area contributed by atoms with Gasteiger partial charge in [-0.1, -0.05) is 54.3 Å². The highest BCUT2D eigenvalue weighted by atomic mass is 32.2. The molecule has 0 aliphatic carbocycles. The van der Waals surface area contributed by atoms with E-state index < -0.39 is 17.9 Å². The van der Waals surface area contributed by atoms with Crippen LogP contribution in [0.25, 0.3) is 6.08 Å². The number of rotatable bonds is 4. The summed E-state index contributed by atoms with van der Waals surface area (Å²) in [6, 6.07) is 10.7. The second kappa shape index (κ2) is 6.62. The van der Waals surface area contributed by atoms with Crippen molar-refractivity contribution in [2.24, 2.45) is 0 Å². The molecule has 0 unspecified atom stereocenters. The molecule has 2 heterocycles. The number of carboxylic acid groups (broad SMARTS) is 1. The van der Waals surface area contributed by atoms with E-state index in [-0.39, 0.29) is 4.32 Å². The molecule has 1 amide bonds. The lowest BCUT2D eigenvalue weighted by atomic mass is 10.1. The van der Waals surface area contributed by atoms with E-state index in [1.807, 2.05) is 0 Å². The molecule has 1 aliphatic rings. The van der Waals surface area contributed by atoms with Crippen molar-refractivity contribution in [3.8, 4) is 0 Å². The van der Waals surface area contributed by atoms with Gasteiger partial charge in [0, 0.05) is 6.08 Å². The summed E-state index contributed by atoms with van der Waals surface area (Å²) in [5.74, 6) is -0.629. The Morgan fingerprint density at radius 2 is 2.00 bits per heavy atom. The summed E-state index contributed by atoms with van der Waals surface area (Å²) < 4.78 is 5.60. The standard InChI is InChI=1S/C17H13NO4S2/c1-10-7-8-12(22-10)9-13-15(19)18(17(23)24-13)14(16(20)21)11-5-3-2-4-6-11/h2-9,14H,1H3,(H,20,21)/p-1/b13-9+/t14-/m1/s1. The first-order valence-corrected chi connectivity index (χ1v) is 8.29. The van der Waals surface area contributed by atoms with E-state index in [1.54, 1.807) is 55.5 Å². The van der Waals surface area contributed by atoms with Gasteiger partial charge in [0.2, 0.25) is 0 Å². The van der Waals surface area contributed by atoms with Crippen molar-refractivity contribution >= 4 is 46.3 Å². The van der Waals surface area contributed by atoms with Gasteiger partial charge in [-0.15, -0.1) is 0 Å². The summed E-state index contributed by atoms with van der Waals surface area (Å²) in [6.45, 7) is 1.80. The van der Waals surface area contributed by atoms with Crippen molar-refractivity contribution in [3.05, 3.63) is 64.5 Å². The molecule has 1 fully saturated rings. The molecular formula is C17H12NO4S2-. The van der Waals surface area contributed by atoms with Gasteiger partial charge in [0.1, 0.15) is 21.9 Å². The number of benzene rings is 1. The number of aryl methyl sites for hydroxylation is 1. The van der Waals surface area contributed by atoms with Crippen molar-refractivity contribution in [1.82, 2.24) is 4.90 Å². The summed E-state index contributed by atoms with van der Waals surface area (Å²) in [4.78, 5) is 25.7. The van der Waals surface area contributed by atoms with Crippen LogP contribution in [0.3, 0.4) is 0 Å². The number of furan rings is 1. The third-order valence-electron chi connectivity index (χ3n) is 3.45. The molecule has 1 saturated heterocycles. The summed E-state index contributed by atoms with van der Waals surface area (Å²) in [6.07, 6.45) is 1.56. The van der Waals surface area contributed by atoms with Gasteiger partial charge < -0.3 is 14.3 Å². The minimum Gasteiger partial charge on any atom is -0.547 e. The Labute approximate surface area is 148 Å². The number of aliphatic carboxylic acids is 1. The second-order valence-electron chi connectivity index (χ2n) is 5.13. The average Bonchev–Trinajstić information content (AvgIpc) is 3.07. The zero-order valence-electron chi connectivity index (χ0n) is 12.6. The fraction of sp³-hybridized carbons (Fsp3) is 0.118. The molecule has 24 heavy (non-hydrogen) atoms. The molecular weight excluding hydrogens is 346 g/mol. The molecule has 0 bridgehead atoms. The predicted molar refractivity (Wildman–Crippen MR) is 92.6 cm³/mol. The Morgan fingerprint density at radius 1 is 1.29 bits per heavy atom. The van der Waals surface area contributed by atoms with Gasteiger partial charge >= 0.3 is 0 Å². The number of nitrogens with zero attached hydrogens (tertiary/aromatic N) is 1. The first-order chi connectivity index (χ1) is 11.5. The van der Waals surface area contributed by atoms with Gasteiger partial charge in [-0.3, -0.25) is 9.69 Å². The molecule has 1 aliphatic heterocycles. The molecule has 122 valence electrons. The first kappa shape index (κ1) is 16.5. The smallest absolute Gasteiger partial charge is 0.267 e. The summed E-state index contributed by atoms with van der Waals surface area (Å²) in [7, 11) is 0. The Kier molecular flexibility index (Phi) is 4.55. The summed E-state index contributed by atoms with van der Waals surface area (Å²) >= 11 is 6.26. The molecule has 5 nitrogen and oxygen atoms in total. The fourth-order valence-electron chi connectivity index (χ4n) is 2.39. The number of carbonyl (C=O) groups is 2. The van der Waals surface area contributed by atoms with Crippen LogP contribution in [0.2, 0.25) is 0 Å². The molecule has 1 aromatic heterocycles. The van der Waals surface area contributed by atoms with Gasteiger partial charge in [-0.25, -0.2) is 0 Å². The Balaban J connectivity index is 1.96. The average molecular weight is 358 g/mol.